The van der Waals surface area contributed by atoms with Crippen LogP contribution in [-0.4, -0.2) is 30.8 Å². The van der Waals surface area contributed by atoms with Gasteiger partial charge in [0.05, 0.1) is 0 Å². The molecule has 0 radical (unpaired) electrons. The van der Waals surface area contributed by atoms with Crippen molar-refractivity contribution in [2.75, 3.05) is 19.8 Å². The smallest absolute Gasteiger partial charge is 0.315 e. The van der Waals surface area contributed by atoms with Gasteiger partial charge in [-0.3, -0.25) is 4.98 Å². The summed E-state index contributed by atoms with van der Waals surface area (Å²) in [5.41, 5.74) is 0.999. The Balaban J connectivity index is 1.63. The lowest BCUT2D eigenvalue weighted by atomic mass is 10.0. The molecule has 0 aromatic carbocycles. The zero-order valence-electron chi connectivity index (χ0n) is 10.4. The minimum absolute atomic E-state index is 0.120. The second kappa shape index (κ2) is 6.96. The number of amides is 2. The second-order valence-electron chi connectivity index (χ2n) is 4.48. The minimum Gasteiger partial charge on any atom is -0.381 e. The van der Waals surface area contributed by atoms with Crippen LogP contribution in [0, 0.1) is 5.92 Å². The van der Waals surface area contributed by atoms with Crippen LogP contribution in [0.2, 0.25) is 0 Å². The fourth-order valence-electron chi connectivity index (χ4n) is 1.94. The molecule has 0 unspecified atom stereocenters. The van der Waals surface area contributed by atoms with Crippen molar-refractivity contribution in [3.8, 4) is 0 Å². The van der Waals surface area contributed by atoms with Gasteiger partial charge in [-0.25, -0.2) is 4.79 Å². The maximum absolute atomic E-state index is 11.6. The molecule has 5 nitrogen and oxygen atoms in total. The van der Waals surface area contributed by atoms with Crippen molar-refractivity contribution in [3.05, 3.63) is 30.1 Å². The van der Waals surface area contributed by atoms with Gasteiger partial charge in [0.2, 0.25) is 0 Å². The van der Waals surface area contributed by atoms with Gasteiger partial charge in [0, 0.05) is 38.7 Å². The zero-order valence-corrected chi connectivity index (χ0v) is 10.4. The molecule has 1 aliphatic heterocycles. The normalized spacial score (nSPS) is 16.2. The van der Waals surface area contributed by atoms with Crippen LogP contribution in [0.3, 0.4) is 0 Å². The van der Waals surface area contributed by atoms with E-state index in [1.807, 2.05) is 12.1 Å². The molecule has 2 rings (SSSR count). The lowest BCUT2D eigenvalue weighted by molar-refractivity contribution is 0.0669. The quantitative estimate of drug-likeness (QED) is 0.845. The largest absolute Gasteiger partial charge is 0.381 e. The van der Waals surface area contributed by atoms with Gasteiger partial charge in [-0.1, -0.05) is 6.07 Å². The number of nitrogens with zero attached hydrogens (tertiary/aromatic N) is 1. The molecule has 1 fully saturated rings. The summed E-state index contributed by atoms with van der Waals surface area (Å²) in [6, 6.07) is 3.67. The van der Waals surface area contributed by atoms with E-state index in [2.05, 4.69) is 15.6 Å². The highest BCUT2D eigenvalue weighted by atomic mass is 16.5. The first-order valence-electron chi connectivity index (χ1n) is 6.33. The summed E-state index contributed by atoms with van der Waals surface area (Å²) in [5.74, 6) is 0.544. The van der Waals surface area contributed by atoms with Crippen LogP contribution in [0.25, 0.3) is 0 Å². The summed E-state index contributed by atoms with van der Waals surface area (Å²) in [6.07, 6.45) is 5.53. The Bertz CT molecular complexity index is 364. The molecule has 98 valence electrons. The zero-order chi connectivity index (χ0) is 12.6. The van der Waals surface area contributed by atoms with Crippen molar-refractivity contribution in [1.29, 1.82) is 0 Å². The van der Waals surface area contributed by atoms with Crippen molar-refractivity contribution >= 4 is 6.03 Å². The number of carbonyl (C=O) groups excluding carboxylic acids is 1. The van der Waals surface area contributed by atoms with Crippen molar-refractivity contribution in [2.45, 2.75) is 19.4 Å². The number of carbonyl (C=O) groups is 1. The van der Waals surface area contributed by atoms with Crippen LogP contribution in [-0.2, 0) is 11.3 Å². The molecule has 2 heterocycles. The Morgan fingerprint density at radius 3 is 2.94 bits per heavy atom. The van der Waals surface area contributed by atoms with Gasteiger partial charge >= 0.3 is 6.03 Å². The molecule has 0 spiro atoms. The molecule has 18 heavy (non-hydrogen) atoms. The van der Waals surface area contributed by atoms with Crippen LogP contribution in [0.1, 0.15) is 18.4 Å². The third kappa shape index (κ3) is 4.33. The highest BCUT2D eigenvalue weighted by Gasteiger charge is 2.14. The third-order valence-electron chi connectivity index (χ3n) is 3.07. The van der Waals surface area contributed by atoms with Crippen molar-refractivity contribution in [1.82, 2.24) is 15.6 Å². The predicted octanol–water partition coefficient (Wildman–Crippen LogP) is 1.31. The van der Waals surface area contributed by atoms with E-state index in [0.717, 1.165) is 38.2 Å². The Labute approximate surface area is 107 Å². The number of ether oxygens (including phenoxy) is 1. The maximum Gasteiger partial charge on any atom is 0.315 e. The molecule has 0 saturated carbocycles. The minimum atomic E-state index is -0.120. The summed E-state index contributed by atoms with van der Waals surface area (Å²) >= 11 is 0. The lowest BCUT2D eigenvalue weighted by Gasteiger charge is -2.22. The number of aromatic nitrogens is 1. The van der Waals surface area contributed by atoms with Gasteiger partial charge in [-0.05, 0) is 30.4 Å². The number of hydrogen-bond acceptors (Lipinski definition) is 3. The molecule has 0 aliphatic carbocycles. The van der Waals surface area contributed by atoms with Crippen LogP contribution in [0.5, 0.6) is 0 Å². The Hall–Kier alpha value is -1.62. The highest BCUT2D eigenvalue weighted by molar-refractivity contribution is 5.73. The van der Waals surface area contributed by atoms with Gasteiger partial charge in [-0.2, -0.15) is 0 Å². The van der Waals surface area contributed by atoms with Crippen LogP contribution < -0.4 is 10.6 Å². The van der Waals surface area contributed by atoms with E-state index in [1.165, 1.54) is 0 Å². The molecule has 0 bridgehead atoms. The lowest BCUT2D eigenvalue weighted by Crippen LogP contribution is -2.39. The van der Waals surface area contributed by atoms with Gasteiger partial charge in [0.25, 0.3) is 0 Å². The summed E-state index contributed by atoms with van der Waals surface area (Å²) in [4.78, 5) is 15.6. The van der Waals surface area contributed by atoms with E-state index in [9.17, 15) is 4.79 Å². The SMILES string of the molecule is O=C(NCc1cccnc1)NCC1CCOCC1. The third-order valence-corrected chi connectivity index (χ3v) is 3.07. The van der Waals surface area contributed by atoms with Gasteiger partial charge in [0.15, 0.2) is 0 Å². The molecular formula is C13H19N3O2. The van der Waals surface area contributed by atoms with Crippen LogP contribution in [0.15, 0.2) is 24.5 Å². The monoisotopic (exact) mass is 249 g/mol. The fraction of sp³-hybridized carbons (Fsp3) is 0.538. The molecule has 2 N–H and O–H groups in total. The van der Waals surface area contributed by atoms with Crippen molar-refractivity contribution in [3.63, 3.8) is 0 Å². The number of urea groups is 1. The standard InChI is InChI=1S/C13H19N3O2/c17-13(15-9-11-3-6-18-7-4-11)16-10-12-2-1-5-14-8-12/h1-2,5,8,11H,3-4,6-7,9-10H2,(H2,15,16,17). The topological polar surface area (TPSA) is 63.2 Å². The van der Waals surface area contributed by atoms with Crippen LogP contribution in [0.4, 0.5) is 4.79 Å². The first-order valence-corrected chi connectivity index (χ1v) is 6.33. The Kier molecular flexibility index (Phi) is 4.96. The Morgan fingerprint density at radius 2 is 2.22 bits per heavy atom. The molecule has 1 aromatic heterocycles. The maximum atomic E-state index is 11.6. The van der Waals surface area contributed by atoms with E-state index >= 15 is 0 Å². The number of hydrogen-bond donors (Lipinski definition) is 2. The first kappa shape index (κ1) is 12.8. The molecule has 5 heteroatoms. The highest BCUT2D eigenvalue weighted by Crippen LogP contribution is 2.12. The predicted molar refractivity (Wildman–Crippen MR) is 68.0 cm³/mol. The van der Waals surface area contributed by atoms with E-state index in [4.69, 9.17) is 4.74 Å². The molecule has 1 aliphatic rings. The first-order chi connectivity index (χ1) is 8.84. The van der Waals surface area contributed by atoms with E-state index in [-0.39, 0.29) is 6.03 Å². The molecule has 1 saturated heterocycles. The molecule has 2 amide bonds. The van der Waals surface area contributed by atoms with Gasteiger partial charge < -0.3 is 15.4 Å². The number of rotatable bonds is 4. The van der Waals surface area contributed by atoms with Crippen molar-refractivity contribution < 1.29 is 9.53 Å². The van der Waals surface area contributed by atoms with Gasteiger partial charge in [0.1, 0.15) is 0 Å². The second-order valence-corrected chi connectivity index (χ2v) is 4.48. The average Bonchev–Trinajstić information content (AvgIpc) is 2.45. The van der Waals surface area contributed by atoms with Crippen molar-refractivity contribution in [2.24, 2.45) is 5.92 Å². The van der Waals surface area contributed by atoms with E-state index in [1.54, 1.807) is 12.4 Å². The molecular weight excluding hydrogens is 230 g/mol. The summed E-state index contributed by atoms with van der Waals surface area (Å²) in [5, 5.41) is 5.71. The van der Waals surface area contributed by atoms with E-state index < -0.39 is 0 Å². The fourth-order valence-corrected chi connectivity index (χ4v) is 1.94. The average molecular weight is 249 g/mol. The Morgan fingerprint density at radius 1 is 1.39 bits per heavy atom. The number of pyridine rings is 1. The summed E-state index contributed by atoms with van der Waals surface area (Å²) in [7, 11) is 0. The van der Waals surface area contributed by atoms with Gasteiger partial charge in [-0.15, -0.1) is 0 Å². The number of nitrogens with one attached hydrogen (secondary N) is 2. The molecule has 0 atom stereocenters. The van der Waals surface area contributed by atoms with E-state index in [0.29, 0.717) is 12.5 Å². The van der Waals surface area contributed by atoms with Crippen LogP contribution >= 0.6 is 0 Å². The summed E-state index contributed by atoms with van der Waals surface area (Å²) < 4.78 is 5.28. The molecule has 1 aromatic rings. The summed E-state index contributed by atoms with van der Waals surface area (Å²) in [6.45, 7) is 2.85.